The molecule has 1 aromatic carbocycles. The van der Waals surface area contributed by atoms with Crippen molar-refractivity contribution in [3.63, 3.8) is 0 Å². The summed E-state index contributed by atoms with van der Waals surface area (Å²) in [6, 6.07) is 5.64. The summed E-state index contributed by atoms with van der Waals surface area (Å²) >= 11 is 0. The van der Waals surface area contributed by atoms with Gasteiger partial charge in [-0.1, -0.05) is 0 Å². The molecule has 1 aliphatic rings. The lowest BCUT2D eigenvalue weighted by molar-refractivity contribution is -0.117. The number of oxazole rings is 1. The Kier molecular flexibility index (Phi) is 2.56. The highest BCUT2D eigenvalue weighted by Crippen LogP contribution is 2.27. The molecule has 1 amide bonds. The Bertz CT molecular complexity index is 605. The van der Waals surface area contributed by atoms with Crippen LogP contribution in [0, 0.1) is 12.8 Å². The van der Waals surface area contributed by atoms with Crippen LogP contribution in [0.15, 0.2) is 22.6 Å². The van der Waals surface area contributed by atoms with Crippen molar-refractivity contribution in [2.75, 3.05) is 18.0 Å². The summed E-state index contributed by atoms with van der Waals surface area (Å²) in [5, 5.41) is 0. The molecule has 1 aromatic heterocycles. The number of nitrogens with two attached hydrogens (primary N) is 1. The molecule has 5 nitrogen and oxygen atoms in total. The molecule has 1 unspecified atom stereocenters. The van der Waals surface area contributed by atoms with E-state index >= 15 is 0 Å². The van der Waals surface area contributed by atoms with Crippen molar-refractivity contribution in [1.82, 2.24) is 4.98 Å². The molecule has 0 saturated carbocycles. The minimum absolute atomic E-state index is 0.130. The molecular formula is C13H15N3O2. The van der Waals surface area contributed by atoms with Gasteiger partial charge in [-0.2, -0.15) is 0 Å². The first-order chi connectivity index (χ1) is 8.67. The summed E-state index contributed by atoms with van der Waals surface area (Å²) < 4.78 is 5.42. The first-order valence-electron chi connectivity index (χ1n) is 6.05. The maximum absolute atomic E-state index is 11.9. The van der Waals surface area contributed by atoms with E-state index in [0.29, 0.717) is 25.4 Å². The minimum Gasteiger partial charge on any atom is -0.441 e. The number of amides is 1. The number of nitrogens with zero attached hydrogens (tertiary/aromatic N) is 2. The van der Waals surface area contributed by atoms with Gasteiger partial charge in [-0.05, 0) is 30.7 Å². The highest BCUT2D eigenvalue weighted by atomic mass is 16.3. The number of carbonyl (C=O) groups excluding carboxylic acids is 1. The molecule has 0 spiro atoms. The Morgan fingerprint density at radius 1 is 1.56 bits per heavy atom. The normalized spacial score (nSPS) is 20.0. The number of rotatable bonds is 2. The predicted octanol–water partition coefficient (Wildman–Crippen LogP) is 1.45. The van der Waals surface area contributed by atoms with Crippen LogP contribution in [0.1, 0.15) is 12.3 Å². The van der Waals surface area contributed by atoms with Crippen molar-refractivity contribution < 1.29 is 9.21 Å². The molecule has 5 heteroatoms. The smallest absolute Gasteiger partial charge is 0.227 e. The number of fused-ring (bicyclic) bond motifs is 1. The number of hydrogen-bond acceptors (Lipinski definition) is 4. The predicted molar refractivity (Wildman–Crippen MR) is 68.3 cm³/mol. The van der Waals surface area contributed by atoms with Crippen molar-refractivity contribution in [3.05, 3.63) is 24.1 Å². The molecule has 1 saturated heterocycles. The first-order valence-corrected chi connectivity index (χ1v) is 6.05. The van der Waals surface area contributed by atoms with Crippen LogP contribution in [0.25, 0.3) is 11.1 Å². The van der Waals surface area contributed by atoms with Gasteiger partial charge in [0, 0.05) is 25.6 Å². The first kappa shape index (κ1) is 11.2. The van der Waals surface area contributed by atoms with E-state index in [4.69, 9.17) is 10.2 Å². The van der Waals surface area contributed by atoms with Crippen molar-refractivity contribution in [1.29, 1.82) is 0 Å². The molecule has 1 fully saturated rings. The zero-order valence-electron chi connectivity index (χ0n) is 10.2. The molecule has 18 heavy (non-hydrogen) atoms. The molecule has 2 aromatic rings. The molecular weight excluding hydrogens is 230 g/mol. The second-order valence-corrected chi connectivity index (χ2v) is 4.70. The summed E-state index contributed by atoms with van der Waals surface area (Å²) in [5.74, 6) is 1.02. The summed E-state index contributed by atoms with van der Waals surface area (Å²) in [6.45, 7) is 3.05. The van der Waals surface area contributed by atoms with E-state index in [0.717, 1.165) is 16.8 Å². The maximum atomic E-state index is 11.9. The average Bonchev–Trinajstić information content (AvgIpc) is 2.89. The van der Waals surface area contributed by atoms with Gasteiger partial charge in [0.2, 0.25) is 5.91 Å². The second kappa shape index (κ2) is 4.10. The molecule has 3 rings (SSSR count). The van der Waals surface area contributed by atoms with Crippen molar-refractivity contribution in [2.24, 2.45) is 11.7 Å². The van der Waals surface area contributed by atoms with Crippen molar-refractivity contribution in [2.45, 2.75) is 13.3 Å². The molecule has 1 aliphatic heterocycles. The van der Waals surface area contributed by atoms with E-state index in [9.17, 15) is 4.79 Å². The Labute approximate surface area is 105 Å². The molecule has 0 aliphatic carbocycles. The van der Waals surface area contributed by atoms with E-state index in [1.54, 1.807) is 4.90 Å². The zero-order valence-corrected chi connectivity index (χ0v) is 10.2. The van der Waals surface area contributed by atoms with Gasteiger partial charge in [-0.25, -0.2) is 4.98 Å². The molecule has 1 atom stereocenters. The summed E-state index contributed by atoms with van der Waals surface area (Å²) in [6.07, 6.45) is 0.534. The van der Waals surface area contributed by atoms with E-state index < -0.39 is 0 Å². The number of benzene rings is 1. The molecule has 2 N–H and O–H groups in total. The molecule has 2 heterocycles. The number of aromatic nitrogens is 1. The number of hydrogen-bond donors (Lipinski definition) is 1. The third kappa shape index (κ3) is 1.76. The van der Waals surface area contributed by atoms with Gasteiger partial charge in [0.1, 0.15) is 5.52 Å². The van der Waals surface area contributed by atoms with Crippen LogP contribution in [0.2, 0.25) is 0 Å². The number of carbonyl (C=O) groups is 1. The van der Waals surface area contributed by atoms with Crippen LogP contribution >= 0.6 is 0 Å². The van der Waals surface area contributed by atoms with E-state index in [1.165, 1.54) is 0 Å². The van der Waals surface area contributed by atoms with Crippen LogP contribution in [-0.2, 0) is 4.79 Å². The average molecular weight is 245 g/mol. The summed E-state index contributed by atoms with van der Waals surface area (Å²) in [7, 11) is 0. The largest absolute Gasteiger partial charge is 0.441 e. The van der Waals surface area contributed by atoms with Crippen LogP contribution in [0.3, 0.4) is 0 Å². The van der Waals surface area contributed by atoms with Gasteiger partial charge in [0.05, 0.1) is 0 Å². The third-order valence-corrected chi connectivity index (χ3v) is 3.33. The van der Waals surface area contributed by atoms with E-state index in [2.05, 4.69) is 4.98 Å². The lowest BCUT2D eigenvalue weighted by atomic mass is 10.1. The van der Waals surface area contributed by atoms with E-state index in [-0.39, 0.29) is 11.8 Å². The third-order valence-electron chi connectivity index (χ3n) is 3.33. The van der Waals surface area contributed by atoms with E-state index in [1.807, 2.05) is 25.1 Å². The van der Waals surface area contributed by atoms with Gasteiger partial charge in [0.25, 0.3) is 0 Å². The topological polar surface area (TPSA) is 72.4 Å². The Morgan fingerprint density at radius 2 is 2.39 bits per heavy atom. The van der Waals surface area contributed by atoms with Crippen molar-refractivity contribution >= 4 is 22.7 Å². The summed E-state index contributed by atoms with van der Waals surface area (Å²) in [4.78, 5) is 18.0. The molecule has 0 radical (unpaired) electrons. The quantitative estimate of drug-likeness (QED) is 0.869. The number of aryl methyl sites for hydroxylation is 1. The fraction of sp³-hybridized carbons (Fsp3) is 0.385. The minimum atomic E-state index is 0.130. The van der Waals surface area contributed by atoms with Gasteiger partial charge in [0.15, 0.2) is 11.5 Å². The molecule has 0 bridgehead atoms. The van der Waals surface area contributed by atoms with Gasteiger partial charge in [-0.15, -0.1) is 0 Å². The highest BCUT2D eigenvalue weighted by molar-refractivity contribution is 5.97. The van der Waals surface area contributed by atoms with Crippen LogP contribution in [-0.4, -0.2) is 24.0 Å². The maximum Gasteiger partial charge on any atom is 0.227 e. The Balaban J connectivity index is 1.96. The monoisotopic (exact) mass is 245 g/mol. The van der Waals surface area contributed by atoms with Crippen LogP contribution in [0.5, 0.6) is 0 Å². The molecule has 94 valence electrons. The fourth-order valence-electron chi connectivity index (χ4n) is 2.39. The fourth-order valence-corrected chi connectivity index (χ4v) is 2.39. The van der Waals surface area contributed by atoms with Crippen molar-refractivity contribution in [3.8, 4) is 0 Å². The lowest BCUT2D eigenvalue weighted by Crippen LogP contribution is -2.25. The standard InChI is InChI=1S/C13H15N3O2/c1-8-15-11-5-10(2-3-12(11)18-8)16-7-9(6-14)4-13(16)17/h2-3,5,9H,4,6-7,14H2,1H3. The highest BCUT2D eigenvalue weighted by Gasteiger charge is 2.29. The number of anilines is 1. The SMILES string of the molecule is Cc1nc2cc(N3CC(CN)CC3=O)ccc2o1. The van der Waals surface area contributed by atoms with Gasteiger partial charge in [-0.3, -0.25) is 4.79 Å². The van der Waals surface area contributed by atoms with Gasteiger partial charge >= 0.3 is 0 Å². The second-order valence-electron chi connectivity index (χ2n) is 4.70. The van der Waals surface area contributed by atoms with Gasteiger partial charge < -0.3 is 15.1 Å². The van der Waals surface area contributed by atoms with Crippen LogP contribution in [0.4, 0.5) is 5.69 Å². The Hall–Kier alpha value is -1.88. The zero-order chi connectivity index (χ0) is 12.7. The summed E-state index contributed by atoms with van der Waals surface area (Å²) in [5.41, 5.74) is 8.03. The lowest BCUT2D eigenvalue weighted by Gasteiger charge is -2.16. The Morgan fingerprint density at radius 3 is 3.11 bits per heavy atom. The van der Waals surface area contributed by atoms with Crippen LogP contribution < -0.4 is 10.6 Å².